The molecule has 0 radical (unpaired) electrons. The van der Waals surface area contributed by atoms with Crippen LogP contribution < -0.4 is 9.47 Å². The van der Waals surface area contributed by atoms with Gasteiger partial charge in [0.25, 0.3) is 0 Å². The molecule has 4 fully saturated rings. The van der Waals surface area contributed by atoms with Crippen LogP contribution in [0.2, 0.25) is 0 Å². The van der Waals surface area contributed by atoms with Crippen molar-refractivity contribution >= 4 is 16.8 Å². The molecule has 2 aromatic carbocycles. The van der Waals surface area contributed by atoms with Crippen LogP contribution in [0.5, 0.6) is 11.5 Å². The van der Waals surface area contributed by atoms with Gasteiger partial charge in [0, 0.05) is 54.0 Å². The number of methoxy groups -OCH3 is 2. The number of hydrogen-bond acceptors (Lipinski definition) is 7. The van der Waals surface area contributed by atoms with Gasteiger partial charge in [-0.05, 0) is 55.2 Å². The van der Waals surface area contributed by atoms with E-state index in [9.17, 15) is 0 Å². The third-order valence-electron chi connectivity index (χ3n) is 8.37. The number of nitrogens with zero attached hydrogens (tertiary/aromatic N) is 3. The second-order valence-electron chi connectivity index (χ2n) is 10.1. The number of rotatable bonds is 5. The Hall–Kier alpha value is -3.19. The average molecular weight is 460 g/mol. The quantitative estimate of drug-likeness (QED) is 0.567. The standard InChI is InChI=1S/C27H29N3O4/c1-31-23-5-3-20(25(12-23)32-2)14-30-26(19-4-6-24-18(11-19)7-8-33-24)28-34-27(30)21-9-17-10-22(27)16-29(13-17)15-21/h3-8,11-12,17,21-22H,9-10,13-16H2,1-2H3/t17-,21+,22-,27+. The molecule has 8 rings (SSSR count). The summed E-state index contributed by atoms with van der Waals surface area (Å²) in [5.74, 6) is 4.14. The zero-order chi connectivity index (χ0) is 22.9. The summed E-state index contributed by atoms with van der Waals surface area (Å²) in [4.78, 5) is 11.6. The Morgan fingerprint density at radius 3 is 2.62 bits per heavy atom. The Bertz CT molecular complexity index is 1250. The first-order chi connectivity index (χ1) is 16.7. The second-order valence-corrected chi connectivity index (χ2v) is 10.1. The molecule has 3 aromatic rings. The lowest BCUT2D eigenvalue weighted by molar-refractivity contribution is -0.251. The van der Waals surface area contributed by atoms with E-state index >= 15 is 0 Å². The summed E-state index contributed by atoms with van der Waals surface area (Å²) in [5, 5.41) is 5.86. The molecule has 5 atom stereocenters. The number of piperidine rings is 3. The van der Waals surface area contributed by atoms with Gasteiger partial charge in [-0.25, -0.2) is 0 Å². The van der Waals surface area contributed by atoms with Crippen LogP contribution in [0.25, 0.3) is 11.0 Å². The highest BCUT2D eigenvalue weighted by molar-refractivity contribution is 6.02. The van der Waals surface area contributed by atoms with Crippen LogP contribution in [0.1, 0.15) is 24.0 Å². The fourth-order valence-electron chi connectivity index (χ4n) is 6.98. The van der Waals surface area contributed by atoms with Gasteiger partial charge in [0.15, 0.2) is 5.84 Å². The van der Waals surface area contributed by atoms with Gasteiger partial charge in [-0.15, -0.1) is 0 Å². The van der Waals surface area contributed by atoms with E-state index in [2.05, 4.69) is 28.0 Å². The number of ether oxygens (including phenoxy) is 2. The number of amidine groups is 1. The predicted octanol–water partition coefficient (Wildman–Crippen LogP) is 4.31. The first-order valence-corrected chi connectivity index (χ1v) is 12.1. The summed E-state index contributed by atoms with van der Waals surface area (Å²) >= 11 is 0. The zero-order valence-electron chi connectivity index (χ0n) is 19.6. The molecule has 4 bridgehead atoms. The Balaban J connectivity index is 1.33. The Morgan fingerprint density at radius 2 is 1.85 bits per heavy atom. The molecular weight excluding hydrogens is 430 g/mol. The van der Waals surface area contributed by atoms with E-state index in [1.165, 1.54) is 19.4 Å². The number of furan rings is 1. The Kier molecular flexibility index (Phi) is 4.40. The molecular formula is C27H29N3O4. The van der Waals surface area contributed by atoms with Crippen LogP contribution in [-0.2, 0) is 11.4 Å². The molecule has 1 aromatic heterocycles. The number of benzene rings is 2. The minimum absolute atomic E-state index is 0.418. The lowest BCUT2D eigenvalue weighted by Crippen LogP contribution is -2.71. The maximum Gasteiger partial charge on any atom is 0.219 e. The van der Waals surface area contributed by atoms with Gasteiger partial charge in [-0.1, -0.05) is 5.16 Å². The molecule has 3 saturated heterocycles. The molecule has 5 aliphatic rings. The van der Waals surface area contributed by atoms with Crippen molar-refractivity contribution in [3.8, 4) is 11.5 Å². The van der Waals surface area contributed by atoms with Crippen LogP contribution in [0.3, 0.4) is 0 Å². The molecule has 1 unspecified atom stereocenters. The van der Waals surface area contributed by atoms with Gasteiger partial charge in [0.05, 0.1) is 27.0 Å². The lowest BCUT2D eigenvalue weighted by atomic mass is 9.62. The van der Waals surface area contributed by atoms with E-state index in [0.29, 0.717) is 18.4 Å². The van der Waals surface area contributed by atoms with Gasteiger partial charge in [0.2, 0.25) is 5.72 Å². The molecule has 7 heteroatoms. The summed E-state index contributed by atoms with van der Waals surface area (Å²) in [6.07, 6.45) is 4.13. The second kappa shape index (κ2) is 7.40. The molecule has 1 aliphatic carbocycles. The Labute approximate surface area is 198 Å². The lowest BCUT2D eigenvalue weighted by Gasteiger charge is -2.61. The molecule has 0 amide bonds. The molecule has 34 heavy (non-hydrogen) atoms. The van der Waals surface area contributed by atoms with Gasteiger partial charge in [0.1, 0.15) is 17.1 Å². The van der Waals surface area contributed by atoms with Crippen LogP contribution in [-0.4, -0.2) is 55.2 Å². The topological polar surface area (TPSA) is 59.7 Å². The molecule has 176 valence electrons. The maximum absolute atomic E-state index is 6.58. The van der Waals surface area contributed by atoms with E-state index < -0.39 is 5.72 Å². The minimum Gasteiger partial charge on any atom is -0.497 e. The van der Waals surface area contributed by atoms with Gasteiger partial charge in [-0.3, -0.25) is 0 Å². The fourth-order valence-corrected chi connectivity index (χ4v) is 6.98. The van der Waals surface area contributed by atoms with Crippen molar-refractivity contribution in [2.75, 3.05) is 33.9 Å². The van der Waals surface area contributed by atoms with Gasteiger partial charge in [-0.2, -0.15) is 0 Å². The van der Waals surface area contributed by atoms with Crippen molar-refractivity contribution < 1.29 is 18.7 Å². The van der Waals surface area contributed by atoms with Crippen molar-refractivity contribution in [1.82, 2.24) is 9.80 Å². The third kappa shape index (κ3) is 2.83. The summed E-state index contributed by atoms with van der Waals surface area (Å²) in [5.41, 5.74) is 2.61. The fraction of sp³-hybridized carbons (Fsp3) is 0.444. The molecule has 0 N–H and O–H groups in total. The van der Waals surface area contributed by atoms with Crippen LogP contribution >= 0.6 is 0 Å². The predicted molar refractivity (Wildman–Crippen MR) is 128 cm³/mol. The molecule has 7 nitrogen and oxygen atoms in total. The largest absolute Gasteiger partial charge is 0.497 e. The summed E-state index contributed by atoms with van der Waals surface area (Å²) < 4.78 is 16.8. The smallest absolute Gasteiger partial charge is 0.219 e. The highest BCUT2D eigenvalue weighted by Gasteiger charge is 2.64. The number of oxime groups is 1. The summed E-state index contributed by atoms with van der Waals surface area (Å²) in [6, 6.07) is 14.3. The average Bonchev–Trinajstić information content (AvgIpc) is 3.47. The highest BCUT2D eigenvalue weighted by atomic mass is 16.7. The van der Waals surface area contributed by atoms with E-state index in [1.54, 1.807) is 20.5 Å². The SMILES string of the molecule is COc1ccc(CN2C(c3ccc4occc4c3)=NO[C@@]23[C@@H]2C[C@H]4C[C@H]3CN(C4)C2)c(OC)c1. The number of hydrogen-bond donors (Lipinski definition) is 0. The molecule has 1 spiro atoms. The molecule has 5 heterocycles. The zero-order valence-corrected chi connectivity index (χ0v) is 19.6. The van der Waals surface area contributed by atoms with Crippen LogP contribution in [0.4, 0.5) is 0 Å². The highest BCUT2D eigenvalue weighted by Crippen LogP contribution is 2.55. The van der Waals surface area contributed by atoms with Crippen LogP contribution in [0, 0.1) is 17.8 Å². The third-order valence-corrected chi connectivity index (χ3v) is 8.37. The molecule has 4 aliphatic heterocycles. The van der Waals surface area contributed by atoms with E-state index in [0.717, 1.165) is 58.4 Å². The van der Waals surface area contributed by atoms with Gasteiger partial charge >= 0.3 is 0 Å². The van der Waals surface area contributed by atoms with E-state index in [4.69, 9.17) is 23.9 Å². The normalized spacial score (nSPS) is 31.2. The summed E-state index contributed by atoms with van der Waals surface area (Å²) in [7, 11) is 3.39. The van der Waals surface area contributed by atoms with Crippen molar-refractivity contribution in [3.63, 3.8) is 0 Å². The van der Waals surface area contributed by atoms with Crippen molar-refractivity contribution in [1.29, 1.82) is 0 Å². The van der Waals surface area contributed by atoms with Crippen molar-refractivity contribution in [2.45, 2.75) is 25.1 Å². The van der Waals surface area contributed by atoms with Crippen molar-refractivity contribution in [2.24, 2.45) is 22.9 Å². The summed E-state index contributed by atoms with van der Waals surface area (Å²) in [6.45, 7) is 4.05. The van der Waals surface area contributed by atoms with Crippen LogP contribution in [0.15, 0.2) is 58.3 Å². The first kappa shape index (κ1) is 20.2. The minimum atomic E-state index is -0.418. The number of fused-ring (bicyclic) bond motifs is 1. The van der Waals surface area contributed by atoms with E-state index in [-0.39, 0.29) is 0 Å². The van der Waals surface area contributed by atoms with Gasteiger partial charge < -0.3 is 28.5 Å². The van der Waals surface area contributed by atoms with E-state index in [1.807, 2.05) is 24.3 Å². The molecule has 1 saturated carbocycles. The first-order valence-electron chi connectivity index (χ1n) is 12.1. The monoisotopic (exact) mass is 459 g/mol. The van der Waals surface area contributed by atoms with Crippen molar-refractivity contribution in [3.05, 3.63) is 59.9 Å². The Morgan fingerprint density at radius 1 is 1.00 bits per heavy atom. The maximum atomic E-state index is 6.58.